The number of carbonyl (C=O) groups excluding carboxylic acids is 2. The Bertz CT molecular complexity index is 850. The molecule has 0 bridgehead atoms. The predicted molar refractivity (Wildman–Crippen MR) is 121 cm³/mol. The van der Waals surface area contributed by atoms with Gasteiger partial charge in [-0.25, -0.2) is 0 Å². The Morgan fingerprint density at radius 3 is 2.43 bits per heavy atom. The molecule has 0 aliphatic carbocycles. The first-order valence-electron chi connectivity index (χ1n) is 10.9. The molecule has 2 aromatic carbocycles. The Morgan fingerprint density at radius 2 is 1.73 bits per heavy atom. The first kappa shape index (κ1) is 21.9. The van der Waals surface area contributed by atoms with Gasteiger partial charge in [-0.2, -0.15) is 0 Å². The van der Waals surface area contributed by atoms with Gasteiger partial charge in [0.1, 0.15) is 6.04 Å². The lowest BCUT2D eigenvalue weighted by molar-refractivity contribution is -0.142. The number of rotatable bonds is 8. The number of fused-ring (bicyclic) bond motifs is 1. The Balaban J connectivity index is 1.58. The number of para-hydroxylation sites is 1. The summed E-state index contributed by atoms with van der Waals surface area (Å²) >= 11 is 0. The zero-order valence-electron chi connectivity index (χ0n) is 18.3. The van der Waals surface area contributed by atoms with Crippen LogP contribution in [0.25, 0.3) is 0 Å². The van der Waals surface area contributed by atoms with Gasteiger partial charge in [0.2, 0.25) is 11.8 Å². The summed E-state index contributed by atoms with van der Waals surface area (Å²) in [5.41, 5.74) is 3.47. The van der Waals surface area contributed by atoms with Crippen LogP contribution in [0.5, 0.6) is 0 Å². The van der Waals surface area contributed by atoms with Gasteiger partial charge < -0.3 is 15.1 Å². The van der Waals surface area contributed by atoms with Gasteiger partial charge in [0.05, 0.1) is 0 Å². The minimum Gasteiger partial charge on any atom is -0.375 e. The number of benzene rings is 2. The monoisotopic (exact) mass is 407 g/mol. The maximum absolute atomic E-state index is 13.0. The minimum absolute atomic E-state index is 0.0519. The Kier molecular flexibility index (Phi) is 7.50. The summed E-state index contributed by atoms with van der Waals surface area (Å²) in [6.07, 6.45) is 1.89. The molecule has 0 fully saturated rings. The highest BCUT2D eigenvalue weighted by Crippen LogP contribution is 2.25. The molecule has 1 heterocycles. The third kappa shape index (κ3) is 5.62. The van der Waals surface area contributed by atoms with Gasteiger partial charge in [0.25, 0.3) is 0 Å². The molecule has 1 aliphatic heterocycles. The van der Waals surface area contributed by atoms with E-state index in [-0.39, 0.29) is 17.7 Å². The zero-order chi connectivity index (χ0) is 21.5. The molecule has 1 N–H and O–H groups in total. The van der Waals surface area contributed by atoms with Crippen LogP contribution in [0.2, 0.25) is 0 Å². The highest BCUT2D eigenvalue weighted by molar-refractivity contribution is 5.88. The lowest BCUT2D eigenvalue weighted by Gasteiger charge is -2.36. The van der Waals surface area contributed by atoms with E-state index >= 15 is 0 Å². The van der Waals surface area contributed by atoms with E-state index < -0.39 is 6.04 Å². The fourth-order valence-corrected chi connectivity index (χ4v) is 3.94. The second kappa shape index (κ2) is 10.3. The molecule has 1 aliphatic rings. The summed E-state index contributed by atoms with van der Waals surface area (Å²) < 4.78 is 0. The molecular formula is C25H33N3O2. The summed E-state index contributed by atoms with van der Waals surface area (Å²) in [7, 11) is 2.06. The third-order valence-corrected chi connectivity index (χ3v) is 5.62. The molecule has 2 amide bonds. The van der Waals surface area contributed by atoms with E-state index in [0.29, 0.717) is 25.9 Å². The number of nitrogens with zero attached hydrogens (tertiary/aromatic N) is 2. The zero-order valence-corrected chi connectivity index (χ0v) is 18.3. The molecule has 2 aromatic rings. The molecule has 0 spiro atoms. The Hall–Kier alpha value is -2.82. The van der Waals surface area contributed by atoms with Crippen LogP contribution in [0.3, 0.4) is 0 Å². The van der Waals surface area contributed by atoms with Crippen molar-refractivity contribution < 1.29 is 9.59 Å². The average molecular weight is 408 g/mol. The quantitative estimate of drug-likeness (QED) is 0.680. The largest absolute Gasteiger partial charge is 0.375 e. The summed E-state index contributed by atoms with van der Waals surface area (Å²) in [6.45, 7) is 6.03. The van der Waals surface area contributed by atoms with Crippen molar-refractivity contribution in [3.05, 3.63) is 65.7 Å². The molecule has 160 valence electrons. The second-order valence-electron chi connectivity index (χ2n) is 8.51. The van der Waals surface area contributed by atoms with Crippen molar-refractivity contribution in [2.24, 2.45) is 5.92 Å². The SMILES string of the molecule is CC(C)CC(=O)N1Cc2ccccc2CC1C(=O)NCCCN(C)c1ccccc1. The maximum Gasteiger partial charge on any atom is 0.243 e. The Morgan fingerprint density at radius 1 is 1.07 bits per heavy atom. The van der Waals surface area contributed by atoms with Crippen molar-refractivity contribution in [2.75, 3.05) is 25.0 Å². The van der Waals surface area contributed by atoms with Crippen molar-refractivity contribution in [2.45, 2.75) is 45.7 Å². The lowest BCUT2D eigenvalue weighted by Crippen LogP contribution is -2.53. The first-order chi connectivity index (χ1) is 14.5. The summed E-state index contributed by atoms with van der Waals surface area (Å²) in [5.74, 6) is 0.277. The van der Waals surface area contributed by atoms with E-state index in [2.05, 4.69) is 41.5 Å². The maximum atomic E-state index is 13.0. The average Bonchev–Trinajstić information content (AvgIpc) is 2.75. The number of anilines is 1. The molecule has 1 unspecified atom stereocenters. The van der Waals surface area contributed by atoms with Crippen LogP contribution in [-0.2, 0) is 22.6 Å². The van der Waals surface area contributed by atoms with Gasteiger partial charge >= 0.3 is 0 Å². The van der Waals surface area contributed by atoms with Crippen molar-refractivity contribution in [1.82, 2.24) is 10.2 Å². The Labute approximate surface area is 180 Å². The van der Waals surface area contributed by atoms with Crippen molar-refractivity contribution in [3.8, 4) is 0 Å². The highest BCUT2D eigenvalue weighted by Gasteiger charge is 2.34. The van der Waals surface area contributed by atoms with E-state index in [9.17, 15) is 9.59 Å². The molecular weight excluding hydrogens is 374 g/mol. The number of carbonyl (C=O) groups is 2. The molecule has 5 heteroatoms. The fourth-order valence-electron chi connectivity index (χ4n) is 3.94. The van der Waals surface area contributed by atoms with Gasteiger partial charge in [0, 0.05) is 45.2 Å². The molecule has 0 saturated heterocycles. The van der Waals surface area contributed by atoms with Crippen LogP contribution in [0, 0.1) is 5.92 Å². The van der Waals surface area contributed by atoms with Gasteiger partial charge in [-0.05, 0) is 35.6 Å². The molecule has 5 nitrogen and oxygen atoms in total. The molecule has 30 heavy (non-hydrogen) atoms. The van der Waals surface area contributed by atoms with Crippen molar-refractivity contribution >= 4 is 17.5 Å². The van der Waals surface area contributed by atoms with Gasteiger partial charge in [-0.1, -0.05) is 56.3 Å². The second-order valence-corrected chi connectivity index (χ2v) is 8.51. The third-order valence-electron chi connectivity index (χ3n) is 5.62. The lowest BCUT2D eigenvalue weighted by atomic mass is 9.92. The molecule has 0 radical (unpaired) electrons. The topological polar surface area (TPSA) is 52.7 Å². The molecule has 0 aromatic heterocycles. The van der Waals surface area contributed by atoms with Crippen LogP contribution in [-0.4, -0.2) is 42.9 Å². The van der Waals surface area contributed by atoms with Crippen LogP contribution >= 0.6 is 0 Å². The van der Waals surface area contributed by atoms with E-state index in [1.807, 2.05) is 44.2 Å². The van der Waals surface area contributed by atoms with Gasteiger partial charge in [-0.15, -0.1) is 0 Å². The van der Waals surface area contributed by atoms with Crippen molar-refractivity contribution in [3.63, 3.8) is 0 Å². The summed E-state index contributed by atoms with van der Waals surface area (Å²) in [6, 6.07) is 17.9. The molecule has 1 atom stereocenters. The summed E-state index contributed by atoms with van der Waals surface area (Å²) in [4.78, 5) is 29.8. The first-order valence-corrected chi connectivity index (χ1v) is 10.9. The van der Waals surface area contributed by atoms with Gasteiger partial charge in [-0.3, -0.25) is 9.59 Å². The van der Waals surface area contributed by atoms with Crippen LogP contribution in [0.1, 0.15) is 37.8 Å². The standard InChI is InChI=1S/C25H33N3O2/c1-19(2)16-24(29)28-18-21-11-8-7-10-20(21)17-23(28)25(30)26-14-9-15-27(3)22-12-5-4-6-13-22/h4-8,10-13,19,23H,9,14-18H2,1-3H3,(H,26,30). The van der Waals surface area contributed by atoms with Gasteiger partial charge in [0.15, 0.2) is 0 Å². The van der Waals surface area contributed by atoms with Crippen LogP contribution in [0.4, 0.5) is 5.69 Å². The van der Waals surface area contributed by atoms with E-state index in [4.69, 9.17) is 0 Å². The number of amides is 2. The molecule has 3 rings (SSSR count). The van der Waals surface area contributed by atoms with Crippen LogP contribution < -0.4 is 10.2 Å². The highest BCUT2D eigenvalue weighted by atomic mass is 16.2. The smallest absolute Gasteiger partial charge is 0.243 e. The van der Waals surface area contributed by atoms with Crippen molar-refractivity contribution in [1.29, 1.82) is 0 Å². The predicted octanol–water partition coefficient (Wildman–Crippen LogP) is 3.63. The normalized spacial score (nSPS) is 15.6. The van der Waals surface area contributed by atoms with E-state index in [0.717, 1.165) is 29.8 Å². The van der Waals surface area contributed by atoms with E-state index in [1.54, 1.807) is 4.90 Å². The fraction of sp³-hybridized carbons (Fsp3) is 0.440. The van der Waals surface area contributed by atoms with E-state index in [1.165, 1.54) is 0 Å². The summed E-state index contributed by atoms with van der Waals surface area (Å²) in [5, 5.41) is 3.07. The number of nitrogens with one attached hydrogen (secondary N) is 1. The number of hydrogen-bond donors (Lipinski definition) is 1. The number of hydrogen-bond acceptors (Lipinski definition) is 3. The van der Waals surface area contributed by atoms with Crippen LogP contribution in [0.15, 0.2) is 54.6 Å². The minimum atomic E-state index is -0.432. The molecule has 0 saturated carbocycles.